The number of imidazole rings is 1. The van der Waals surface area contributed by atoms with Gasteiger partial charge in [-0.15, -0.1) is 0 Å². The van der Waals surface area contributed by atoms with Gasteiger partial charge in [-0.1, -0.05) is 78.9 Å². The fourth-order valence-electron chi connectivity index (χ4n) is 5.11. The molecule has 0 fully saturated rings. The van der Waals surface area contributed by atoms with Crippen molar-refractivity contribution in [1.29, 1.82) is 0 Å². The van der Waals surface area contributed by atoms with E-state index in [0.29, 0.717) is 0 Å². The highest BCUT2D eigenvalue weighted by atomic mass is 31.2. The van der Waals surface area contributed by atoms with Gasteiger partial charge in [-0.2, -0.15) is 0 Å². The van der Waals surface area contributed by atoms with Crippen LogP contribution < -0.4 is 5.32 Å². The van der Waals surface area contributed by atoms with Crippen molar-refractivity contribution < 1.29 is 28.9 Å². The lowest BCUT2D eigenvalue weighted by molar-refractivity contribution is -0.141. The van der Waals surface area contributed by atoms with E-state index in [1.807, 2.05) is 54.6 Å². The number of aliphatic carboxylic acids is 1. The first-order chi connectivity index (χ1) is 18.8. The predicted molar refractivity (Wildman–Crippen MR) is 145 cm³/mol. The molecule has 0 saturated heterocycles. The number of carboxylic acids is 1. The molecule has 1 aromatic heterocycles. The number of carbonyl (C=O) groups excluding carboxylic acids is 1. The number of benzene rings is 3. The zero-order chi connectivity index (χ0) is 27.4. The van der Waals surface area contributed by atoms with Gasteiger partial charge >= 0.3 is 12.1 Å². The number of carboxylic acid groups (broad SMARTS) is 1. The molecule has 3 aromatic carbocycles. The maximum Gasteiger partial charge on any atom is 0.408 e. The van der Waals surface area contributed by atoms with Gasteiger partial charge in [0.2, 0.25) is 7.37 Å². The number of hydrogen-bond acceptors (Lipinski definition) is 5. The first-order valence-electron chi connectivity index (χ1n) is 12.5. The summed E-state index contributed by atoms with van der Waals surface area (Å²) < 4.78 is 19.2. The summed E-state index contributed by atoms with van der Waals surface area (Å²) in [6, 6.07) is 24.7. The molecule has 1 amide bonds. The van der Waals surface area contributed by atoms with Crippen LogP contribution in [0.2, 0.25) is 0 Å². The minimum Gasteiger partial charge on any atom is -0.481 e. The van der Waals surface area contributed by atoms with Gasteiger partial charge in [0.15, 0.2) is 5.78 Å². The molecule has 1 aliphatic carbocycles. The van der Waals surface area contributed by atoms with E-state index in [2.05, 4.69) is 15.3 Å². The van der Waals surface area contributed by atoms with Crippen LogP contribution >= 0.6 is 7.37 Å². The standard InChI is InChI=1S/C29H28N3O6P/c33-28(34)20(14-19-8-2-1-3-9-19)17-39(36,37)27(26-15-30-18-31-26)32-29(35)38-16-25-23-12-6-4-10-21(23)22-11-5-7-13-24(22)25/h1-13,15,18,20,25,27H,14,16-17H2,(H,30,31)(H,32,35)(H,33,34)(H,36,37). The summed E-state index contributed by atoms with van der Waals surface area (Å²) in [7, 11) is -4.31. The van der Waals surface area contributed by atoms with Crippen LogP contribution in [0, 0.1) is 5.92 Å². The zero-order valence-corrected chi connectivity index (χ0v) is 21.8. The van der Waals surface area contributed by atoms with Crippen molar-refractivity contribution in [2.75, 3.05) is 12.8 Å². The van der Waals surface area contributed by atoms with E-state index in [4.69, 9.17) is 4.74 Å². The van der Waals surface area contributed by atoms with E-state index in [9.17, 15) is 24.2 Å². The molecule has 0 spiro atoms. The summed E-state index contributed by atoms with van der Waals surface area (Å²) in [4.78, 5) is 42.7. The lowest BCUT2D eigenvalue weighted by atomic mass is 9.98. The van der Waals surface area contributed by atoms with Crippen molar-refractivity contribution in [1.82, 2.24) is 15.3 Å². The van der Waals surface area contributed by atoms with Crippen molar-refractivity contribution in [3.05, 3.63) is 114 Å². The van der Waals surface area contributed by atoms with Crippen molar-refractivity contribution in [3.8, 4) is 11.1 Å². The highest BCUT2D eigenvalue weighted by Gasteiger charge is 2.39. The van der Waals surface area contributed by atoms with Crippen molar-refractivity contribution in [2.24, 2.45) is 5.92 Å². The van der Waals surface area contributed by atoms with E-state index in [1.54, 1.807) is 24.3 Å². The van der Waals surface area contributed by atoms with Crippen molar-refractivity contribution in [3.63, 3.8) is 0 Å². The number of nitrogens with one attached hydrogen (secondary N) is 2. The topological polar surface area (TPSA) is 142 Å². The van der Waals surface area contributed by atoms with Gasteiger partial charge in [-0.3, -0.25) is 9.36 Å². The molecule has 4 aromatic rings. The average Bonchev–Trinajstić information content (AvgIpc) is 3.57. The van der Waals surface area contributed by atoms with E-state index < -0.39 is 37.3 Å². The molecule has 1 aliphatic rings. The van der Waals surface area contributed by atoms with Gasteiger partial charge in [0.05, 0.1) is 24.1 Å². The molecule has 10 heteroatoms. The second-order valence-corrected chi connectivity index (χ2v) is 11.9. The minimum atomic E-state index is -4.31. The Labute approximate surface area is 225 Å². The van der Waals surface area contributed by atoms with Crippen LogP contribution in [0.5, 0.6) is 0 Å². The van der Waals surface area contributed by atoms with E-state index in [1.165, 1.54) is 12.5 Å². The van der Waals surface area contributed by atoms with Gasteiger partial charge in [0, 0.05) is 12.1 Å². The van der Waals surface area contributed by atoms with Gasteiger partial charge < -0.3 is 25.0 Å². The van der Waals surface area contributed by atoms with Crippen LogP contribution in [0.4, 0.5) is 4.79 Å². The molecule has 9 nitrogen and oxygen atoms in total. The maximum atomic E-state index is 13.6. The van der Waals surface area contributed by atoms with Crippen LogP contribution in [0.25, 0.3) is 11.1 Å². The van der Waals surface area contributed by atoms with E-state index in [-0.39, 0.29) is 24.6 Å². The van der Waals surface area contributed by atoms with Crippen LogP contribution in [0.3, 0.4) is 0 Å². The smallest absolute Gasteiger partial charge is 0.408 e. The van der Waals surface area contributed by atoms with Gasteiger partial charge in [0.1, 0.15) is 6.61 Å². The van der Waals surface area contributed by atoms with Gasteiger partial charge in [-0.05, 0) is 34.2 Å². The summed E-state index contributed by atoms with van der Waals surface area (Å²) >= 11 is 0. The molecule has 200 valence electrons. The van der Waals surface area contributed by atoms with E-state index in [0.717, 1.165) is 27.8 Å². The Balaban J connectivity index is 1.31. The number of ether oxygens (including phenoxy) is 1. The highest BCUT2D eigenvalue weighted by Crippen LogP contribution is 2.55. The number of aromatic nitrogens is 2. The van der Waals surface area contributed by atoms with Crippen LogP contribution in [0.15, 0.2) is 91.4 Å². The molecular formula is C29H28N3O6P. The number of amides is 1. The molecular weight excluding hydrogens is 517 g/mol. The lowest BCUT2D eigenvalue weighted by Gasteiger charge is -2.25. The molecule has 0 radical (unpaired) electrons. The first kappa shape index (κ1) is 26.4. The second-order valence-electron chi connectivity index (χ2n) is 9.54. The Kier molecular flexibility index (Phi) is 7.63. The highest BCUT2D eigenvalue weighted by molar-refractivity contribution is 7.58. The summed E-state index contributed by atoms with van der Waals surface area (Å²) in [6.45, 7) is 0.0248. The first-order valence-corrected chi connectivity index (χ1v) is 14.4. The number of alkyl carbamates (subject to hydrolysis) is 1. The Morgan fingerprint density at radius 3 is 2.18 bits per heavy atom. The van der Waals surface area contributed by atoms with Crippen molar-refractivity contribution in [2.45, 2.75) is 18.1 Å². The molecule has 5 rings (SSSR count). The number of nitrogens with zero attached hydrogens (tertiary/aromatic N) is 1. The third-order valence-corrected chi connectivity index (χ3v) is 9.15. The number of H-pyrrole nitrogens is 1. The normalized spacial score (nSPS) is 15.4. The Morgan fingerprint density at radius 2 is 1.59 bits per heavy atom. The summed E-state index contributed by atoms with van der Waals surface area (Å²) in [5, 5.41) is 12.3. The SMILES string of the molecule is O=C(NC(c1cnc[nH]1)P(=O)(O)CC(Cc1ccccc1)C(=O)O)OCC1c2ccccc2-c2ccccc21. The van der Waals surface area contributed by atoms with Crippen LogP contribution in [-0.4, -0.2) is 44.8 Å². The molecule has 1 heterocycles. The minimum absolute atomic E-state index is 0.0248. The van der Waals surface area contributed by atoms with E-state index >= 15 is 0 Å². The Hall–Kier alpha value is -4.20. The molecule has 0 saturated carbocycles. The summed E-state index contributed by atoms with van der Waals surface area (Å²) in [5.41, 5.74) is 5.14. The zero-order valence-electron chi connectivity index (χ0n) is 20.9. The number of aromatic amines is 1. The number of rotatable bonds is 10. The number of carbonyl (C=O) groups is 2. The predicted octanol–water partition coefficient (Wildman–Crippen LogP) is 5.16. The lowest BCUT2D eigenvalue weighted by Crippen LogP contribution is -2.32. The second kappa shape index (κ2) is 11.3. The van der Waals surface area contributed by atoms with Crippen molar-refractivity contribution >= 4 is 19.4 Å². The number of hydrogen-bond donors (Lipinski definition) is 4. The van der Waals surface area contributed by atoms with Gasteiger partial charge in [0.25, 0.3) is 0 Å². The average molecular weight is 546 g/mol. The monoisotopic (exact) mass is 545 g/mol. The van der Waals surface area contributed by atoms with Gasteiger partial charge in [-0.25, -0.2) is 9.78 Å². The summed E-state index contributed by atoms with van der Waals surface area (Å²) in [6.07, 6.45) is 1.27. The molecule has 0 aliphatic heterocycles. The van der Waals surface area contributed by atoms with Crippen LogP contribution in [-0.2, 0) is 20.5 Å². The molecule has 39 heavy (non-hydrogen) atoms. The largest absolute Gasteiger partial charge is 0.481 e. The van der Waals surface area contributed by atoms with Crippen LogP contribution in [0.1, 0.15) is 34.1 Å². The molecule has 3 atom stereocenters. The molecule has 3 unspecified atom stereocenters. The Morgan fingerprint density at radius 1 is 0.974 bits per heavy atom. The number of fused-ring (bicyclic) bond motifs is 3. The third-order valence-electron chi connectivity index (χ3n) is 6.97. The third kappa shape index (κ3) is 5.79. The Bertz CT molecular complexity index is 1460. The fraction of sp³-hybridized carbons (Fsp3) is 0.207. The summed E-state index contributed by atoms with van der Waals surface area (Å²) in [5.74, 6) is -3.94. The molecule has 0 bridgehead atoms. The molecule has 4 N–H and O–H groups in total. The quantitative estimate of drug-likeness (QED) is 0.202. The maximum absolute atomic E-state index is 13.6. The fourth-order valence-corrected chi connectivity index (χ4v) is 7.12.